The van der Waals surface area contributed by atoms with E-state index < -0.39 is 48.7 Å². The minimum atomic E-state index is -1.20. The maximum atomic E-state index is 8.26. The van der Waals surface area contributed by atoms with Gasteiger partial charge in [0.1, 0.15) is 75.9 Å². The minimum absolute atomic E-state index is 0.288. The Morgan fingerprint density at radius 3 is 0.450 bits per heavy atom. The summed E-state index contributed by atoms with van der Waals surface area (Å²) in [4.78, 5) is 39.0. The van der Waals surface area contributed by atoms with E-state index in [1.54, 1.807) is 0 Å². The van der Waals surface area contributed by atoms with Gasteiger partial charge in [-0.2, -0.15) is 0 Å². The number of hydrogen-bond acceptors (Lipinski definition) is 12. The molecule has 12 atom stereocenters. The van der Waals surface area contributed by atoms with Crippen molar-refractivity contribution >= 4 is 251 Å². The third kappa shape index (κ3) is 3.96. The Kier molecular flexibility index (Phi) is 6.92. The van der Waals surface area contributed by atoms with Crippen LogP contribution in [0.2, 0.25) is 0 Å². The summed E-state index contributed by atoms with van der Waals surface area (Å²) in [5.41, 5.74) is 18.2. The van der Waals surface area contributed by atoms with Gasteiger partial charge in [-0.3, -0.25) is 0 Å². The second kappa shape index (κ2) is 15.5. The van der Waals surface area contributed by atoms with E-state index >= 15 is 0 Å². The Bertz CT molecular complexity index is 10700. The molecule has 47 rings (SSSR count). The first kappa shape index (κ1) is 57.7. The van der Waals surface area contributed by atoms with Gasteiger partial charge in [-0.25, -0.2) is 30.0 Å². The summed E-state index contributed by atoms with van der Waals surface area (Å²) in [6.45, 7) is 2.36. The lowest BCUT2D eigenvalue weighted by molar-refractivity contribution is 0.273. The maximum absolute atomic E-state index is 8.26. The van der Waals surface area contributed by atoms with Crippen molar-refractivity contribution in [2.24, 2.45) is 46.2 Å². The molecule has 0 radical (unpaired) electrons. The van der Waals surface area contributed by atoms with E-state index in [0.29, 0.717) is 39.6 Å². The molecule has 6 unspecified atom stereocenters. The third-order valence-electron chi connectivity index (χ3n) is 41.1. The van der Waals surface area contributed by atoms with E-state index in [9.17, 15) is 0 Å². The Balaban J connectivity index is 0.772. The molecule has 12 heteroatoms. The smallest absolute Gasteiger partial charge is 0.202 e. The fourth-order valence-corrected chi connectivity index (χ4v) is 39.4. The number of aliphatic imine (C=N–C) groups is 6. The topological polar surface area (TPSA) is 130 Å². The quantitative estimate of drug-likeness (QED) is 0.112. The molecule has 21 aliphatic rings. The molecule has 0 bridgehead atoms. The molecule has 15 aliphatic carbocycles. The van der Waals surface area contributed by atoms with Gasteiger partial charge in [0.15, 0.2) is 16.2 Å². The average molecular weight is 1630 g/mol. The van der Waals surface area contributed by atoms with Crippen LogP contribution >= 0.6 is 0 Å². The van der Waals surface area contributed by atoms with Gasteiger partial charge in [0, 0.05) is 0 Å². The Morgan fingerprint density at radius 2 is 0.271 bits per heavy atom. The predicted octanol–water partition coefficient (Wildman–Crippen LogP) is 23.4. The standard InChI is InChI=1S/C117H48N6O6/c1-7-19-37(20-8-1)43-31-124-103(118-43)115(104-119-44(32-125-104)38-21-9-2-10-22-38)109-94-70-62-54-50-49-51-55-60(54)69(70)92-74-64(55)65-56(51)61-57-52(49)59-53(50)63-58(62)67-76-71(63)91-72(59)77-66(57)78-73(61)93-75(65)84-83(74)97(110(92,109)115)86-80-68-81-87(85(79(67)94)96(80)109)95(76)113-101(81)90-89(99(77)112(91,113)117(113,107-122-47(35-128-107)41-27-15-5-16-28-41)108-123-48(36-129-108)42-29-17-6-18-30-42)100(78)114-102(90)82(68)88(86)98(84)111(93,114)116(114,105-120-45(33-126-105)39-23-11-3-12-24-39)106-121-46(34-127-106)40-25-13-4-14-26-40/h1-30,43-48H,31-36H2/t43-,44-,45-,46-,47-,48-,109?,110?,111?,112?,113?,114?/m1/s1. The number of benzene rings is 20. The second-order valence-corrected chi connectivity index (χ2v) is 43.0. The summed E-state index contributed by atoms with van der Waals surface area (Å²) < 4.78 is 49.5. The molecule has 6 aliphatic heterocycles. The zero-order chi connectivity index (χ0) is 80.0. The Labute approximate surface area is 722 Å². The monoisotopic (exact) mass is 1630 g/mol. The van der Waals surface area contributed by atoms with E-state index in [4.69, 9.17) is 58.4 Å². The van der Waals surface area contributed by atoms with Gasteiger partial charge in [-0.15, -0.1) is 0 Å². The fourth-order valence-electron chi connectivity index (χ4n) is 39.4. The molecule has 0 amide bonds. The van der Waals surface area contributed by atoms with Gasteiger partial charge in [0.25, 0.3) is 0 Å². The zero-order valence-corrected chi connectivity index (χ0v) is 67.7. The summed E-state index contributed by atoms with van der Waals surface area (Å²) in [5, 5.41) is 58.7. The summed E-state index contributed by atoms with van der Waals surface area (Å²) >= 11 is 0. The van der Waals surface area contributed by atoms with E-state index in [1.807, 2.05) is 0 Å². The van der Waals surface area contributed by atoms with Gasteiger partial charge in [-0.1, -0.05) is 182 Å². The van der Waals surface area contributed by atoms with Crippen LogP contribution in [-0.2, 0) is 60.9 Å². The van der Waals surface area contributed by atoms with Crippen LogP contribution in [-0.4, -0.2) is 75.0 Å². The summed E-state index contributed by atoms with van der Waals surface area (Å²) in [6.07, 6.45) is 0. The van der Waals surface area contributed by atoms with Crippen LogP contribution in [0.3, 0.4) is 0 Å². The van der Waals surface area contributed by atoms with Gasteiger partial charge in [-0.05, 0) is 327 Å². The van der Waals surface area contributed by atoms with Gasteiger partial charge < -0.3 is 28.4 Å². The van der Waals surface area contributed by atoms with Crippen LogP contribution in [0.15, 0.2) is 212 Å². The second-order valence-electron chi connectivity index (χ2n) is 43.0. The number of rotatable bonds is 12. The maximum Gasteiger partial charge on any atom is 0.202 e. The van der Waals surface area contributed by atoms with Crippen LogP contribution < -0.4 is 0 Å². The average Bonchev–Trinajstić information content (AvgIpc) is 1.33. The number of ether oxygens (including phenoxy) is 6. The van der Waals surface area contributed by atoms with Gasteiger partial charge >= 0.3 is 0 Å². The molecule has 0 N–H and O–H groups in total. The van der Waals surface area contributed by atoms with E-state index in [1.165, 1.54) is 293 Å². The summed E-state index contributed by atoms with van der Waals surface area (Å²) in [6, 6.07) is 64.9. The van der Waals surface area contributed by atoms with E-state index in [-0.39, 0.29) is 36.3 Å². The van der Waals surface area contributed by atoms with Crippen LogP contribution in [0, 0.1) is 16.2 Å². The molecular formula is C117H48N6O6. The van der Waals surface area contributed by atoms with Crippen molar-refractivity contribution in [1.82, 2.24) is 0 Å². The highest BCUT2D eigenvalue weighted by Crippen LogP contribution is 3.06. The van der Waals surface area contributed by atoms with E-state index in [2.05, 4.69) is 182 Å². The Morgan fingerprint density at radius 1 is 0.147 bits per heavy atom. The largest absolute Gasteiger partial charge is 0.477 e. The highest BCUT2D eigenvalue weighted by Gasteiger charge is 3.07. The molecule has 0 aromatic heterocycles. The van der Waals surface area contributed by atoms with Gasteiger partial charge in [0.05, 0.1) is 32.5 Å². The molecular weight excluding hydrogens is 1590 g/mol. The third-order valence-corrected chi connectivity index (χ3v) is 41.1. The zero-order valence-electron chi connectivity index (χ0n) is 67.7. The predicted molar refractivity (Wildman–Crippen MR) is 502 cm³/mol. The van der Waals surface area contributed by atoms with Crippen molar-refractivity contribution in [2.75, 3.05) is 39.6 Å². The first-order valence-corrected chi connectivity index (χ1v) is 47.0. The molecule has 26 aromatic rings. The first-order chi connectivity index (χ1) is 64.1. The fraction of sp³-hybridized carbons (Fsp3) is 0.179. The van der Waals surface area contributed by atoms with Crippen molar-refractivity contribution in [2.45, 2.75) is 68.7 Å². The SMILES string of the molecule is c1ccc([C@H]2COC(C3(C4=N[C@@H](c5ccccc5)CO4)C45c6c7c8c9c%10c%11c%12c%13c%14c%15c%16c(c-7c4c4c7c%17c%18c%19c(c%20c%21c%22c%19c%19c%23c%24c%25c%26c(c%10c(c%21c9c6%20)C%266C(C9=N[C@@H](c%10ccccc%10)CO9)(C9=N[C@@H](c%10ccccc%10)CO9)C%22%236)c%12c6c%25c9c%24c%10c%19c%18c%12c7c(c4%16)c4c%15c(c%136)c9c4c%12%10)C%1735)C%143C(C4=N[C@@H](c5ccccc5)CO4)(C4=N[C@@H](c5ccccc5)CO4)C8%113)=N2)cc1. The molecule has 6 spiro atoms. The van der Waals surface area contributed by atoms with Crippen LogP contribution in [0.5, 0.6) is 0 Å². The lowest BCUT2D eigenvalue weighted by atomic mass is 9.66. The Hall–Kier alpha value is -14.9. The van der Waals surface area contributed by atoms with Crippen LogP contribution in [0.25, 0.3) is 227 Å². The summed E-state index contributed by atoms with van der Waals surface area (Å²) in [5.74, 6) is 4.66. The highest BCUT2D eigenvalue weighted by atomic mass is 16.5. The molecule has 582 valence electrons. The highest BCUT2D eigenvalue weighted by molar-refractivity contribution is 6.75. The van der Waals surface area contributed by atoms with Crippen molar-refractivity contribution in [1.29, 1.82) is 0 Å². The van der Waals surface area contributed by atoms with Gasteiger partial charge in [0.2, 0.25) is 35.4 Å². The lowest BCUT2D eigenvalue weighted by Crippen LogP contribution is -2.37. The molecule has 0 saturated heterocycles. The van der Waals surface area contributed by atoms with Crippen LogP contribution in [0.1, 0.15) is 136 Å². The molecule has 3 saturated carbocycles. The van der Waals surface area contributed by atoms with Crippen molar-refractivity contribution < 1.29 is 28.4 Å². The molecule has 12 nitrogen and oxygen atoms in total. The summed E-state index contributed by atoms with van der Waals surface area (Å²) in [7, 11) is 0. The van der Waals surface area contributed by atoms with Crippen LogP contribution in [0.4, 0.5) is 0 Å². The molecule has 3 fully saturated rings. The lowest BCUT2D eigenvalue weighted by Gasteiger charge is -2.34. The molecule has 129 heavy (non-hydrogen) atoms. The van der Waals surface area contributed by atoms with Crippen molar-refractivity contribution in [3.05, 3.63) is 282 Å². The van der Waals surface area contributed by atoms with Crippen molar-refractivity contribution in [3.8, 4) is 11.1 Å². The first-order valence-electron chi connectivity index (χ1n) is 47.0. The number of hydrogen-bond donors (Lipinski definition) is 0. The van der Waals surface area contributed by atoms with E-state index in [0.717, 1.165) is 68.8 Å². The minimum Gasteiger partial charge on any atom is -0.477 e. The molecule has 26 aromatic carbocycles. The van der Waals surface area contributed by atoms with Crippen molar-refractivity contribution in [3.63, 3.8) is 0 Å². The number of nitrogens with zero attached hydrogens (tertiary/aromatic N) is 6. The normalized spacial score (nSPS) is 30.7. The molecule has 6 heterocycles.